The molecule has 0 bridgehead atoms. The molecule has 2 saturated heterocycles. The van der Waals surface area contributed by atoms with Crippen LogP contribution < -0.4 is 25.0 Å². The summed E-state index contributed by atoms with van der Waals surface area (Å²) in [6, 6.07) is 10.9. The van der Waals surface area contributed by atoms with Crippen LogP contribution in [0.25, 0.3) is 10.9 Å². The van der Waals surface area contributed by atoms with Crippen molar-refractivity contribution in [2.75, 3.05) is 88.4 Å². The Balaban J connectivity index is 1.43. The average molecular weight is 523 g/mol. The third-order valence-corrected chi connectivity index (χ3v) is 6.54. The van der Waals surface area contributed by atoms with Crippen molar-refractivity contribution < 1.29 is 23.7 Å². The Bertz CT molecular complexity index is 1260. The van der Waals surface area contributed by atoms with Crippen LogP contribution in [-0.2, 0) is 9.47 Å². The van der Waals surface area contributed by atoms with E-state index in [0.29, 0.717) is 72.8 Å². The summed E-state index contributed by atoms with van der Waals surface area (Å²) >= 11 is 0. The molecule has 38 heavy (non-hydrogen) atoms. The summed E-state index contributed by atoms with van der Waals surface area (Å²) in [6.07, 6.45) is 0. The fourth-order valence-corrected chi connectivity index (χ4v) is 4.50. The van der Waals surface area contributed by atoms with Crippen LogP contribution in [-0.4, -0.2) is 93.8 Å². The number of methoxy groups -OCH3 is 1. The molecular formula is C27H34N6O5. The maximum Gasteiger partial charge on any atom is 0.324 e. The molecule has 0 spiro atoms. The molecule has 0 atom stereocenters. The first-order chi connectivity index (χ1) is 18.6. The van der Waals surface area contributed by atoms with Gasteiger partial charge in [0.05, 0.1) is 39.1 Å². The van der Waals surface area contributed by atoms with Crippen molar-refractivity contribution in [3.05, 3.63) is 42.0 Å². The second-order valence-corrected chi connectivity index (χ2v) is 9.24. The lowest BCUT2D eigenvalue weighted by Crippen LogP contribution is -2.38. The minimum Gasteiger partial charge on any atom is -0.493 e. The predicted octanol–water partition coefficient (Wildman–Crippen LogP) is 3.14. The summed E-state index contributed by atoms with van der Waals surface area (Å²) in [5.41, 5.74) is 2.39. The molecule has 3 aromatic rings. The van der Waals surface area contributed by atoms with Crippen molar-refractivity contribution >= 4 is 34.4 Å². The van der Waals surface area contributed by atoms with Gasteiger partial charge in [-0.1, -0.05) is 12.1 Å². The summed E-state index contributed by atoms with van der Waals surface area (Å²) in [5, 5.41) is 6.47. The molecule has 2 N–H and O–H groups in total. The molecule has 202 valence electrons. The van der Waals surface area contributed by atoms with E-state index in [1.165, 1.54) is 0 Å². The first kappa shape index (κ1) is 26.0. The number of rotatable bonds is 8. The number of fused-ring (bicyclic) bond motifs is 1. The summed E-state index contributed by atoms with van der Waals surface area (Å²) in [7, 11) is 1.61. The molecule has 0 aliphatic carbocycles. The van der Waals surface area contributed by atoms with Gasteiger partial charge in [0, 0.05) is 49.9 Å². The van der Waals surface area contributed by atoms with E-state index in [2.05, 4.69) is 15.5 Å². The maximum absolute atomic E-state index is 13.0. The number of morpholine rings is 2. The van der Waals surface area contributed by atoms with Gasteiger partial charge in [0.15, 0.2) is 11.5 Å². The Labute approximate surface area is 222 Å². The van der Waals surface area contributed by atoms with Crippen molar-refractivity contribution in [1.82, 2.24) is 14.9 Å². The quantitative estimate of drug-likeness (QED) is 0.461. The minimum atomic E-state index is -0.394. The van der Waals surface area contributed by atoms with Crippen molar-refractivity contribution in [1.29, 1.82) is 0 Å². The predicted molar refractivity (Wildman–Crippen MR) is 146 cm³/mol. The highest BCUT2D eigenvalue weighted by atomic mass is 16.5. The number of nitrogens with zero attached hydrogens (tertiary/aromatic N) is 4. The number of ether oxygens (including phenoxy) is 4. The highest BCUT2D eigenvalue weighted by molar-refractivity contribution is 6.05. The number of amides is 2. The van der Waals surface area contributed by atoms with Crippen molar-refractivity contribution in [2.45, 2.75) is 6.92 Å². The monoisotopic (exact) mass is 522 g/mol. The van der Waals surface area contributed by atoms with Crippen LogP contribution in [0.2, 0.25) is 0 Å². The maximum atomic E-state index is 13.0. The van der Waals surface area contributed by atoms with E-state index in [4.69, 9.17) is 28.9 Å². The Kier molecular flexibility index (Phi) is 8.37. The second kappa shape index (κ2) is 12.2. The van der Waals surface area contributed by atoms with Gasteiger partial charge in [-0.15, -0.1) is 0 Å². The smallest absolute Gasteiger partial charge is 0.324 e. The van der Waals surface area contributed by atoms with Gasteiger partial charge in [-0.25, -0.2) is 9.78 Å². The molecule has 2 aliphatic rings. The minimum absolute atomic E-state index is 0.391. The molecule has 2 amide bonds. The lowest BCUT2D eigenvalue weighted by Gasteiger charge is -2.27. The molecule has 2 aromatic carbocycles. The van der Waals surface area contributed by atoms with E-state index in [1.807, 2.05) is 48.2 Å². The van der Waals surface area contributed by atoms with E-state index < -0.39 is 6.03 Å². The fourth-order valence-electron chi connectivity index (χ4n) is 4.50. The zero-order valence-electron chi connectivity index (χ0n) is 21.9. The van der Waals surface area contributed by atoms with E-state index in [0.717, 1.165) is 38.4 Å². The highest BCUT2D eigenvalue weighted by Crippen LogP contribution is 2.35. The van der Waals surface area contributed by atoms with Crippen LogP contribution >= 0.6 is 0 Å². The Hall–Kier alpha value is -3.67. The summed E-state index contributed by atoms with van der Waals surface area (Å²) in [4.78, 5) is 26.9. The highest BCUT2D eigenvalue weighted by Gasteiger charge is 2.20. The average Bonchev–Trinajstić information content (AvgIpc) is 2.94. The van der Waals surface area contributed by atoms with Crippen LogP contribution in [0.1, 0.15) is 5.56 Å². The van der Waals surface area contributed by atoms with Crippen LogP contribution in [0.3, 0.4) is 0 Å². The lowest BCUT2D eigenvalue weighted by molar-refractivity contribution is 0.0321. The number of carbonyl (C=O) groups excluding carboxylic acids is 1. The van der Waals surface area contributed by atoms with Gasteiger partial charge in [-0.2, -0.15) is 4.98 Å². The molecule has 2 fully saturated rings. The zero-order chi connectivity index (χ0) is 26.3. The molecule has 2 aliphatic heterocycles. The van der Waals surface area contributed by atoms with Crippen LogP contribution in [0, 0.1) is 6.92 Å². The SMILES string of the molecule is COc1cc2nc(N3CCOCC3)nc(NC(=O)Nc3cccc(C)c3)c2cc1OCCN1CCOCC1. The van der Waals surface area contributed by atoms with Crippen molar-refractivity contribution in [3.8, 4) is 11.5 Å². The summed E-state index contributed by atoms with van der Waals surface area (Å²) < 4.78 is 22.7. The van der Waals surface area contributed by atoms with Crippen LogP contribution in [0.5, 0.6) is 11.5 Å². The fraction of sp³-hybridized carbons (Fsp3) is 0.444. The number of carbonyl (C=O) groups is 1. The molecular weight excluding hydrogens is 488 g/mol. The standard InChI is InChI=1S/C27H34N6O5/c1-19-4-3-5-20(16-19)28-27(34)31-25-21-17-24(38-15-8-32-6-11-36-12-7-32)23(35-2)18-22(21)29-26(30-25)33-9-13-37-14-10-33/h3-5,16-18H,6-15H2,1-2H3,(H2,28,29,30,31,34). The van der Waals surface area contributed by atoms with E-state index in [-0.39, 0.29) is 0 Å². The van der Waals surface area contributed by atoms with Crippen molar-refractivity contribution in [3.63, 3.8) is 0 Å². The molecule has 3 heterocycles. The molecule has 0 radical (unpaired) electrons. The normalized spacial score (nSPS) is 16.3. The van der Waals surface area contributed by atoms with E-state index in [1.54, 1.807) is 7.11 Å². The molecule has 1 aromatic heterocycles. The van der Waals surface area contributed by atoms with Gasteiger partial charge < -0.3 is 29.2 Å². The van der Waals surface area contributed by atoms with Crippen molar-refractivity contribution in [2.24, 2.45) is 0 Å². The number of hydrogen-bond donors (Lipinski definition) is 2. The zero-order valence-corrected chi connectivity index (χ0v) is 21.9. The first-order valence-corrected chi connectivity index (χ1v) is 12.9. The number of benzene rings is 2. The molecule has 11 nitrogen and oxygen atoms in total. The third kappa shape index (κ3) is 6.42. The van der Waals surface area contributed by atoms with Crippen LogP contribution in [0.4, 0.5) is 22.2 Å². The van der Waals surface area contributed by atoms with Gasteiger partial charge in [0.1, 0.15) is 12.4 Å². The topological polar surface area (TPSA) is 110 Å². The van der Waals surface area contributed by atoms with Crippen LogP contribution in [0.15, 0.2) is 36.4 Å². The molecule has 11 heteroatoms. The number of anilines is 3. The third-order valence-electron chi connectivity index (χ3n) is 6.54. The Morgan fingerprint density at radius 1 is 0.974 bits per heavy atom. The van der Waals surface area contributed by atoms with Gasteiger partial charge in [0.25, 0.3) is 0 Å². The van der Waals surface area contributed by atoms with Gasteiger partial charge in [-0.3, -0.25) is 10.2 Å². The first-order valence-electron chi connectivity index (χ1n) is 12.9. The number of urea groups is 1. The molecule has 0 saturated carbocycles. The van der Waals surface area contributed by atoms with Gasteiger partial charge in [0.2, 0.25) is 5.95 Å². The Morgan fingerprint density at radius 2 is 1.74 bits per heavy atom. The second-order valence-electron chi connectivity index (χ2n) is 9.24. The molecule has 5 rings (SSSR count). The van der Waals surface area contributed by atoms with E-state index >= 15 is 0 Å². The van der Waals surface area contributed by atoms with E-state index in [9.17, 15) is 4.79 Å². The number of aromatic nitrogens is 2. The summed E-state index contributed by atoms with van der Waals surface area (Å²) in [6.45, 7) is 9.02. The number of hydrogen-bond acceptors (Lipinski definition) is 9. The Morgan fingerprint density at radius 3 is 2.47 bits per heavy atom. The molecule has 0 unspecified atom stereocenters. The largest absolute Gasteiger partial charge is 0.493 e. The number of nitrogens with one attached hydrogen (secondary N) is 2. The van der Waals surface area contributed by atoms with Gasteiger partial charge >= 0.3 is 6.03 Å². The number of aryl methyl sites for hydroxylation is 1. The lowest BCUT2D eigenvalue weighted by atomic mass is 10.2. The summed E-state index contributed by atoms with van der Waals surface area (Å²) in [5.74, 6) is 2.05. The van der Waals surface area contributed by atoms with Gasteiger partial charge in [-0.05, 0) is 30.7 Å².